The molecule has 4 rings (SSSR count). The van der Waals surface area contributed by atoms with Crippen molar-refractivity contribution in [1.29, 1.82) is 0 Å². The van der Waals surface area contributed by atoms with Gasteiger partial charge < -0.3 is 15.2 Å². The summed E-state index contributed by atoms with van der Waals surface area (Å²) >= 11 is 0. The number of carboxylic acid groups (broad SMARTS) is 1. The number of sulfonamides is 1. The Morgan fingerprint density at radius 1 is 1.14 bits per heavy atom. The molecule has 2 aliphatic rings. The number of alkyl halides is 3. The van der Waals surface area contributed by atoms with Crippen LogP contribution in [0.15, 0.2) is 47.6 Å². The Hall–Kier alpha value is -3.03. The Kier molecular flexibility index (Phi) is 8.37. The molecule has 2 aromatic rings. The van der Waals surface area contributed by atoms with Gasteiger partial charge in [0.2, 0.25) is 10.0 Å². The molecule has 196 valence electrons. The number of amides is 1. The van der Waals surface area contributed by atoms with Crippen molar-refractivity contribution in [2.45, 2.75) is 31.0 Å². The van der Waals surface area contributed by atoms with Gasteiger partial charge in [0.15, 0.2) is 0 Å². The van der Waals surface area contributed by atoms with E-state index in [1.54, 1.807) is 36.7 Å². The molecule has 0 radical (unpaired) electrons. The monoisotopic (exact) mass is 529 g/mol. The highest BCUT2D eigenvalue weighted by atomic mass is 32.2. The number of halogens is 3. The van der Waals surface area contributed by atoms with Gasteiger partial charge in [0, 0.05) is 49.4 Å². The van der Waals surface area contributed by atoms with Crippen LogP contribution in [0.3, 0.4) is 0 Å². The summed E-state index contributed by atoms with van der Waals surface area (Å²) in [7, 11) is -3.56. The Labute approximate surface area is 206 Å². The standard InChI is InChI=1S/C21H25N3O4S.C2HF3O2/c1-14-7-15(2)9-18(8-14)29(26,27)24-11-19-17(13-28-20(19)12-24)10-23-21(25)16-3-5-22-6-4-16;3-2(4,5)1(6)7/h3-9,17,19-20H,10-13H2,1-2H3,(H,23,25);(H,6,7)/t17-,19+,20+;/m0./s1. The van der Waals surface area contributed by atoms with E-state index in [1.165, 1.54) is 4.31 Å². The molecule has 1 amide bonds. The fraction of sp³-hybridized carbons (Fsp3) is 0.435. The van der Waals surface area contributed by atoms with Gasteiger partial charge in [-0.15, -0.1) is 0 Å². The smallest absolute Gasteiger partial charge is 0.475 e. The number of hydrogen-bond acceptors (Lipinski definition) is 6. The number of carbonyl (C=O) groups excluding carboxylic acids is 1. The second-order valence-electron chi connectivity index (χ2n) is 8.69. The molecular formula is C23H26F3N3O6S. The van der Waals surface area contributed by atoms with Crippen LogP contribution in [0.5, 0.6) is 0 Å². The maximum absolute atomic E-state index is 13.1. The highest BCUT2D eigenvalue weighted by Gasteiger charge is 2.47. The van der Waals surface area contributed by atoms with E-state index in [-0.39, 0.29) is 23.8 Å². The van der Waals surface area contributed by atoms with Gasteiger partial charge in [-0.1, -0.05) is 6.07 Å². The van der Waals surface area contributed by atoms with E-state index in [0.29, 0.717) is 36.7 Å². The lowest BCUT2D eigenvalue weighted by molar-refractivity contribution is -0.192. The average molecular weight is 530 g/mol. The Morgan fingerprint density at radius 2 is 1.72 bits per heavy atom. The van der Waals surface area contributed by atoms with E-state index in [4.69, 9.17) is 14.6 Å². The van der Waals surface area contributed by atoms with E-state index in [9.17, 15) is 26.4 Å². The molecule has 0 unspecified atom stereocenters. The maximum Gasteiger partial charge on any atom is 0.490 e. The third-order valence-corrected chi connectivity index (χ3v) is 7.76. The van der Waals surface area contributed by atoms with Crippen LogP contribution in [0.4, 0.5) is 13.2 Å². The van der Waals surface area contributed by atoms with Crippen molar-refractivity contribution >= 4 is 21.9 Å². The summed E-state index contributed by atoms with van der Waals surface area (Å²) in [5.74, 6) is -2.75. The van der Waals surface area contributed by atoms with Crippen LogP contribution in [0.1, 0.15) is 21.5 Å². The van der Waals surface area contributed by atoms with Crippen LogP contribution < -0.4 is 5.32 Å². The zero-order valence-corrected chi connectivity index (χ0v) is 20.3. The highest BCUT2D eigenvalue weighted by molar-refractivity contribution is 7.89. The molecule has 13 heteroatoms. The summed E-state index contributed by atoms with van der Waals surface area (Å²) in [5, 5.41) is 10.1. The third kappa shape index (κ3) is 6.59. The lowest BCUT2D eigenvalue weighted by atomic mass is 9.93. The predicted molar refractivity (Wildman–Crippen MR) is 122 cm³/mol. The van der Waals surface area contributed by atoms with Gasteiger partial charge in [-0.3, -0.25) is 9.78 Å². The van der Waals surface area contributed by atoms with Gasteiger partial charge in [-0.05, 0) is 49.2 Å². The second kappa shape index (κ2) is 10.9. The molecule has 1 aromatic carbocycles. The first-order valence-electron chi connectivity index (χ1n) is 11.0. The van der Waals surface area contributed by atoms with Crippen LogP contribution in [-0.4, -0.2) is 73.2 Å². The minimum atomic E-state index is -5.08. The first kappa shape index (κ1) is 27.6. The van der Waals surface area contributed by atoms with E-state index in [0.717, 1.165) is 11.1 Å². The van der Waals surface area contributed by atoms with Crippen LogP contribution in [0.2, 0.25) is 0 Å². The summed E-state index contributed by atoms with van der Waals surface area (Å²) in [5.41, 5.74) is 2.41. The summed E-state index contributed by atoms with van der Waals surface area (Å²) in [4.78, 5) is 25.4. The van der Waals surface area contributed by atoms with Crippen molar-refractivity contribution in [3.05, 3.63) is 59.4 Å². The summed E-state index contributed by atoms with van der Waals surface area (Å²) < 4.78 is 65.4. The Balaban J connectivity index is 0.000000454. The number of aromatic nitrogens is 1. The number of carboxylic acids is 1. The fourth-order valence-corrected chi connectivity index (χ4v) is 5.91. The molecule has 2 aliphatic heterocycles. The van der Waals surface area contributed by atoms with Gasteiger partial charge in [0.1, 0.15) is 0 Å². The molecule has 9 nitrogen and oxygen atoms in total. The van der Waals surface area contributed by atoms with Gasteiger partial charge in [0.05, 0.1) is 17.6 Å². The molecule has 2 fully saturated rings. The molecule has 0 bridgehead atoms. The number of ether oxygens (including phenoxy) is 1. The Bertz CT molecular complexity index is 1190. The van der Waals surface area contributed by atoms with Crippen molar-refractivity contribution in [2.24, 2.45) is 11.8 Å². The molecule has 2 N–H and O–H groups in total. The van der Waals surface area contributed by atoms with Crippen LogP contribution in [-0.2, 0) is 19.6 Å². The minimum Gasteiger partial charge on any atom is -0.475 e. The molecule has 0 saturated carbocycles. The molecule has 2 saturated heterocycles. The van der Waals surface area contributed by atoms with Crippen LogP contribution in [0.25, 0.3) is 0 Å². The number of fused-ring (bicyclic) bond motifs is 1. The Morgan fingerprint density at radius 3 is 2.28 bits per heavy atom. The molecule has 3 heterocycles. The first-order chi connectivity index (χ1) is 16.8. The van der Waals surface area contributed by atoms with Crippen molar-refractivity contribution in [1.82, 2.24) is 14.6 Å². The topological polar surface area (TPSA) is 126 Å². The van der Waals surface area contributed by atoms with Crippen molar-refractivity contribution in [3.8, 4) is 0 Å². The predicted octanol–water partition coefficient (Wildman–Crippen LogP) is 2.40. The normalized spacial score (nSPS) is 21.9. The quantitative estimate of drug-likeness (QED) is 0.609. The van der Waals surface area contributed by atoms with Gasteiger partial charge in [-0.2, -0.15) is 17.5 Å². The number of benzene rings is 1. The number of nitrogens with one attached hydrogen (secondary N) is 1. The van der Waals surface area contributed by atoms with Crippen molar-refractivity contribution < 1.29 is 41.0 Å². The molecule has 1 aromatic heterocycles. The van der Waals surface area contributed by atoms with E-state index < -0.39 is 22.2 Å². The molecular weight excluding hydrogens is 503 g/mol. The molecule has 0 spiro atoms. The first-order valence-corrected chi connectivity index (χ1v) is 12.4. The third-order valence-electron chi connectivity index (χ3n) is 5.95. The molecule has 0 aliphatic carbocycles. The number of nitrogens with zero attached hydrogens (tertiary/aromatic N) is 2. The van der Waals surface area contributed by atoms with E-state index >= 15 is 0 Å². The number of aliphatic carboxylic acids is 1. The summed E-state index contributed by atoms with van der Waals surface area (Å²) in [6, 6.07) is 8.71. The van der Waals surface area contributed by atoms with Crippen molar-refractivity contribution in [2.75, 3.05) is 26.2 Å². The van der Waals surface area contributed by atoms with Crippen LogP contribution in [0, 0.1) is 25.7 Å². The summed E-state index contributed by atoms with van der Waals surface area (Å²) in [6.07, 6.45) is -2.05. The average Bonchev–Trinajstić information content (AvgIpc) is 3.39. The number of pyridine rings is 1. The SMILES string of the molecule is Cc1cc(C)cc(S(=O)(=O)N2C[C@@H]3[C@@H](CNC(=O)c4ccncc4)CO[C@@H]3C2)c1.O=C(O)C(F)(F)F. The number of carbonyl (C=O) groups is 2. The lowest BCUT2D eigenvalue weighted by Gasteiger charge is -2.20. The summed E-state index contributed by atoms with van der Waals surface area (Å²) in [6.45, 7) is 5.55. The van der Waals surface area contributed by atoms with E-state index in [1.807, 2.05) is 19.9 Å². The van der Waals surface area contributed by atoms with Gasteiger partial charge in [0.25, 0.3) is 5.91 Å². The zero-order chi connectivity index (χ0) is 26.7. The number of aryl methyl sites for hydroxylation is 2. The lowest BCUT2D eigenvalue weighted by Crippen LogP contribution is -2.35. The molecule has 36 heavy (non-hydrogen) atoms. The fourth-order valence-electron chi connectivity index (χ4n) is 4.23. The zero-order valence-electron chi connectivity index (χ0n) is 19.5. The maximum atomic E-state index is 13.1. The number of hydrogen-bond donors (Lipinski definition) is 2. The van der Waals surface area contributed by atoms with Gasteiger partial charge >= 0.3 is 12.1 Å². The minimum absolute atomic E-state index is 0.0772. The van der Waals surface area contributed by atoms with E-state index in [2.05, 4.69) is 10.3 Å². The van der Waals surface area contributed by atoms with Gasteiger partial charge in [-0.25, -0.2) is 13.2 Å². The van der Waals surface area contributed by atoms with Crippen LogP contribution >= 0.6 is 0 Å². The van der Waals surface area contributed by atoms with Crippen molar-refractivity contribution in [3.63, 3.8) is 0 Å². The second-order valence-corrected chi connectivity index (χ2v) is 10.6. The number of rotatable bonds is 5. The highest BCUT2D eigenvalue weighted by Crippen LogP contribution is 2.36. The molecule has 3 atom stereocenters. The largest absolute Gasteiger partial charge is 0.490 e.